The summed E-state index contributed by atoms with van der Waals surface area (Å²) >= 11 is 1.55. The Kier molecular flexibility index (Phi) is 6.88. The summed E-state index contributed by atoms with van der Waals surface area (Å²) in [7, 11) is 0. The van der Waals surface area contributed by atoms with Crippen molar-refractivity contribution in [2.75, 3.05) is 11.1 Å². The van der Waals surface area contributed by atoms with Crippen molar-refractivity contribution in [1.29, 1.82) is 0 Å². The molecule has 0 radical (unpaired) electrons. The monoisotopic (exact) mass is 342 g/mol. The lowest BCUT2D eigenvalue weighted by Crippen LogP contribution is -2.31. The summed E-state index contributed by atoms with van der Waals surface area (Å²) < 4.78 is 0. The number of carbonyl (C=O) groups excluding carboxylic acids is 2. The van der Waals surface area contributed by atoms with Crippen molar-refractivity contribution in [3.8, 4) is 0 Å². The second-order valence-corrected chi connectivity index (χ2v) is 6.69. The first-order valence-electron chi connectivity index (χ1n) is 7.87. The van der Waals surface area contributed by atoms with Crippen molar-refractivity contribution in [2.45, 2.75) is 25.6 Å². The Morgan fingerprint density at radius 3 is 2.38 bits per heavy atom. The van der Waals surface area contributed by atoms with Gasteiger partial charge in [0.25, 0.3) is 5.91 Å². The molecule has 0 atom stereocenters. The lowest BCUT2D eigenvalue weighted by molar-refractivity contribution is -0.113. The first-order valence-corrected chi connectivity index (χ1v) is 9.03. The van der Waals surface area contributed by atoms with Gasteiger partial charge in [-0.15, -0.1) is 11.8 Å². The Morgan fingerprint density at radius 1 is 1.00 bits per heavy atom. The highest BCUT2D eigenvalue weighted by Crippen LogP contribution is 2.17. The molecule has 0 saturated heterocycles. The lowest BCUT2D eigenvalue weighted by Gasteiger charge is -2.13. The van der Waals surface area contributed by atoms with E-state index in [0.29, 0.717) is 17.0 Å². The number of anilines is 1. The molecular weight excluding hydrogens is 320 g/mol. The molecular formula is C19H22N2O2S. The van der Waals surface area contributed by atoms with Crippen LogP contribution in [0.5, 0.6) is 0 Å². The molecule has 0 spiro atoms. The summed E-state index contributed by atoms with van der Waals surface area (Å²) in [6.45, 7) is 3.80. The van der Waals surface area contributed by atoms with E-state index in [0.717, 1.165) is 5.75 Å². The van der Waals surface area contributed by atoms with Crippen LogP contribution < -0.4 is 10.6 Å². The van der Waals surface area contributed by atoms with E-state index in [1.807, 2.05) is 44.2 Å². The normalized spacial score (nSPS) is 10.5. The first-order chi connectivity index (χ1) is 11.6. The highest BCUT2D eigenvalue weighted by molar-refractivity contribution is 7.99. The molecule has 5 heteroatoms. The predicted molar refractivity (Wildman–Crippen MR) is 100 cm³/mol. The molecule has 0 aliphatic heterocycles. The molecule has 0 heterocycles. The van der Waals surface area contributed by atoms with Crippen LogP contribution in [0.1, 0.15) is 29.8 Å². The average molecular weight is 342 g/mol. The largest absolute Gasteiger partial charge is 0.350 e. The Labute approximate surface area is 147 Å². The zero-order valence-corrected chi connectivity index (χ0v) is 14.7. The van der Waals surface area contributed by atoms with Gasteiger partial charge in [-0.25, -0.2) is 0 Å². The number of amides is 2. The van der Waals surface area contributed by atoms with Crippen LogP contribution in [0, 0.1) is 0 Å². The van der Waals surface area contributed by atoms with Gasteiger partial charge in [0, 0.05) is 11.8 Å². The lowest BCUT2D eigenvalue weighted by atomic mass is 10.1. The summed E-state index contributed by atoms with van der Waals surface area (Å²) in [4.78, 5) is 24.3. The number of rotatable bonds is 7. The van der Waals surface area contributed by atoms with Gasteiger partial charge in [0.1, 0.15) is 0 Å². The van der Waals surface area contributed by atoms with E-state index < -0.39 is 0 Å². The van der Waals surface area contributed by atoms with E-state index in [9.17, 15) is 9.59 Å². The van der Waals surface area contributed by atoms with Crippen molar-refractivity contribution in [3.05, 3.63) is 65.7 Å². The maximum atomic E-state index is 12.2. The van der Waals surface area contributed by atoms with Gasteiger partial charge in [0.2, 0.25) is 5.91 Å². The Morgan fingerprint density at radius 2 is 1.67 bits per heavy atom. The molecule has 24 heavy (non-hydrogen) atoms. The van der Waals surface area contributed by atoms with Crippen LogP contribution in [0.3, 0.4) is 0 Å². The molecule has 0 aromatic heterocycles. The van der Waals surface area contributed by atoms with Crippen LogP contribution in [0.2, 0.25) is 0 Å². The summed E-state index contributed by atoms with van der Waals surface area (Å²) in [5.41, 5.74) is 2.21. The van der Waals surface area contributed by atoms with Gasteiger partial charge >= 0.3 is 0 Å². The number of hydrogen-bond acceptors (Lipinski definition) is 3. The van der Waals surface area contributed by atoms with Crippen LogP contribution in [0.15, 0.2) is 54.6 Å². The van der Waals surface area contributed by atoms with Gasteiger partial charge in [0.05, 0.1) is 17.0 Å². The maximum Gasteiger partial charge on any atom is 0.253 e. The van der Waals surface area contributed by atoms with Crippen molar-refractivity contribution in [1.82, 2.24) is 5.32 Å². The molecule has 0 saturated carbocycles. The summed E-state index contributed by atoms with van der Waals surface area (Å²) in [6.07, 6.45) is 0. The SMILES string of the molecule is CC(C)NC(=O)c1ccccc1NC(=O)CSCc1ccccc1. The summed E-state index contributed by atoms with van der Waals surface area (Å²) in [5.74, 6) is 0.831. The summed E-state index contributed by atoms with van der Waals surface area (Å²) in [5, 5.41) is 5.67. The number of benzene rings is 2. The summed E-state index contributed by atoms with van der Waals surface area (Å²) in [6, 6.07) is 17.1. The van der Waals surface area contributed by atoms with Gasteiger partial charge < -0.3 is 10.6 Å². The minimum Gasteiger partial charge on any atom is -0.350 e. The van der Waals surface area contributed by atoms with Gasteiger partial charge in [0.15, 0.2) is 0 Å². The van der Waals surface area contributed by atoms with Gasteiger partial charge in [-0.3, -0.25) is 9.59 Å². The zero-order valence-electron chi connectivity index (χ0n) is 13.9. The highest BCUT2D eigenvalue weighted by atomic mass is 32.2. The Hall–Kier alpha value is -2.27. The number of carbonyl (C=O) groups is 2. The smallest absolute Gasteiger partial charge is 0.253 e. The van der Waals surface area contributed by atoms with Crippen LogP contribution in [0.4, 0.5) is 5.69 Å². The number of para-hydroxylation sites is 1. The zero-order chi connectivity index (χ0) is 17.4. The first kappa shape index (κ1) is 18.1. The molecule has 0 unspecified atom stereocenters. The van der Waals surface area contributed by atoms with Gasteiger partial charge in [-0.2, -0.15) is 0 Å². The van der Waals surface area contributed by atoms with E-state index in [2.05, 4.69) is 10.6 Å². The molecule has 0 fully saturated rings. The molecule has 0 aliphatic carbocycles. The van der Waals surface area contributed by atoms with Crippen molar-refractivity contribution >= 4 is 29.3 Å². The van der Waals surface area contributed by atoms with E-state index in [4.69, 9.17) is 0 Å². The fourth-order valence-corrected chi connectivity index (χ4v) is 2.94. The van der Waals surface area contributed by atoms with Crippen LogP contribution in [-0.4, -0.2) is 23.6 Å². The van der Waals surface area contributed by atoms with Crippen molar-refractivity contribution in [2.24, 2.45) is 0 Å². The second kappa shape index (κ2) is 9.13. The van der Waals surface area contributed by atoms with Gasteiger partial charge in [-0.05, 0) is 31.5 Å². The Balaban J connectivity index is 1.90. The number of hydrogen-bond donors (Lipinski definition) is 2. The predicted octanol–water partition coefficient (Wildman–Crippen LogP) is 3.70. The fraction of sp³-hybridized carbons (Fsp3) is 0.263. The highest BCUT2D eigenvalue weighted by Gasteiger charge is 2.13. The molecule has 2 aromatic rings. The molecule has 126 valence electrons. The number of thioether (sulfide) groups is 1. The second-order valence-electron chi connectivity index (χ2n) is 5.70. The Bertz CT molecular complexity index is 687. The van der Waals surface area contributed by atoms with E-state index in [1.54, 1.807) is 36.0 Å². The van der Waals surface area contributed by atoms with Crippen LogP contribution in [-0.2, 0) is 10.5 Å². The van der Waals surface area contributed by atoms with Crippen LogP contribution >= 0.6 is 11.8 Å². The molecule has 2 amide bonds. The average Bonchev–Trinajstić information content (AvgIpc) is 2.55. The molecule has 4 nitrogen and oxygen atoms in total. The fourth-order valence-electron chi connectivity index (χ4n) is 2.15. The van der Waals surface area contributed by atoms with E-state index in [1.165, 1.54) is 5.56 Å². The van der Waals surface area contributed by atoms with Gasteiger partial charge in [-0.1, -0.05) is 42.5 Å². The molecule has 2 aromatic carbocycles. The van der Waals surface area contributed by atoms with Crippen LogP contribution in [0.25, 0.3) is 0 Å². The minimum atomic E-state index is -0.183. The van der Waals surface area contributed by atoms with Crippen molar-refractivity contribution < 1.29 is 9.59 Å². The third-order valence-electron chi connectivity index (χ3n) is 3.21. The van der Waals surface area contributed by atoms with E-state index >= 15 is 0 Å². The standard InChI is InChI=1S/C19H22N2O2S/c1-14(2)20-19(23)16-10-6-7-11-17(16)21-18(22)13-24-12-15-8-4-3-5-9-15/h3-11,14H,12-13H2,1-2H3,(H,20,23)(H,21,22). The topological polar surface area (TPSA) is 58.2 Å². The quantitative estimate of drug-likeness (QED) is 0.807. The minimum absolute atomic E-state index is 0.0442. The third-order valence-corrected chi connectivity index (χ3v) is 4.21. The van der Waals surface area contributed by atoms with Crippen molar-refractivity contribution in [3.63, 3.8) is 0 Å². The maximum absolute atomic E-state index is 12.2. The number of nitrogens with one attached hydrogen (secondary N) is 2. The van der Waals surface area contributed by atoms with E-state index in [-0.39, 0.29) is 17.9 Å². The third kappa shape index (κ3) is 5.74. The molecule has 0 aliphatic rings. The molecule has 0 bridgehead atoms. The molecule has 2 rings (SSSR count). The molecule has 2 N–H and O–H groups in total.